The Kier molecular flexibility index (Phi) is 14.1. The normalized spacial score (nSPS) is 18.4. The van der Waals surface area contributed by atoms with Crippen LogP contribution in [0.5, 0.6) is 0 Å². The van der Waals surface area contributed by atoms with Crippen LogP contribution in [-0.4, -0.2) is 116 Å². The minimum absolute atomic E-state index is 0.0317. The quantitative estimate of drug-likeness (QED) is 0.270. The lowest BCUT2D eigenvalue weighted by Crippen LogP contribution is -2.54. The highest BCUT2D eigenvalue weighted by Gasteiger charge is 2.41. The number of ether oxygens (including phenoxy) is 3. The number of rotatable bonds is 16. The number of nitrogens with zero attached hydrogens (tertiary/aromatic N) is 4. The molecule has 1 saturated heterocycles. The van der Waals surface area contributed by atoms with Gasteiger partial charge in [0.1, 0.15) is 18.7 Å². The van der Waals surface area contributed by atoms with E-state index >= 15 is 0 Å². The van der Waals surface area contributed by atoms with Crippen LogP contribution in [-0.2, 0) is 33.4 Å². The molecule has 0 aliphatic carbocycles. The minimum atomic E-state index is -0.612. The minimum Gasteiger partial charge on any atom is -0.468 e. The predicted molar refractivity (Wildman–Crippen MR) is 156 cm³/mol. The van der Waals surface area contributed by atoms with Crippen LogP contribution in [0.25, 0.3) is 0 Å². The highest BCUT2D eigenvalue weighted by atomic mass is 16.5. The number of hydrogen-bond acceptors (Lipinski definition) is 10. The molecule has 1 aromatic rings. The first-order valence-corrected chi connectivity index (χ1v) is 14.5. The largest absolute Gasteiger partial charge is 0.468 e. The summed E-state index contributed by atoms with van der Waals surface area (Å²) < 4.78 is 16.2. The highest BCUT2D eigenvalue weighted by Crippen LogP contribution is 2.29. The van der Waals surface area contributed by atoms with Gasteiger partial charge in [0.15, 0.2) is 0 Å². The summed E-state index contributed by atoms with van der Waals surface area (Å²) in [6.45, 7) is 7.97. The molecule has 0 spiro atoms. The lowest BCUT2D eigenvalue weighted by molar-refractivity contribution is -0.146. The van der Waals surface area contributed by atoms with Crippen LogP contribution in [0.2, 0.25) is 0 Å². The van der Waals surface area contributed by atoms with Crippen molar-refractivity contribution in [2.45, 2.75) is 77.7 Å². The number of likely N-dealkylation sites (tertiary alicyclic amines) is 1. The van der Waals surface area contributed by atoms with Crippen molar-refractivity contribution in [3.63, 3.8) is 0 Å². The molecule has 1 aliphatic rings. The first kappa shape index (κ1) is 34.9. The van der Waals surface area contributed by atoms with Crippen molar-refractivity contribution >= 4 is 29.5 Å². The smallest absolute Gasteiger partial charge is 0.325 e. The Bertz CT molecular complexity index is 1060. The molecule has 2 rings (SSSR count). The van der Waals surface area contributed by atoms with Crippen LogP contribution >= 0.6 is 0 Å². The molecule has 236 valence electrons. The van der Waals surface area contributed by atoms with Gasteiger partial charge in [-0.25, -0.2) is 9.97 Å². The van der Waals surface area contributed by atoms with Gasteiger partial charge in [0.25, 0.3) is 0 Å². The summed E-state index contributed by atoms with van der Waals surface area (Å²) in [7, 11) is 6.06. The molecule has 3 amide bonds. The van der Waals surface area contributed by atoms with E-state index in [-0.39, 0.29) is 55.2 Å². The molecule has 1 aliphatic heterocycles. The van der Waals surface area contributed by atoms with Gasteiger partial charge in [0.05, 0.1) is 50.3 Å². The summed E-state index contributed by atoms with van der Waals surface area (Å²) in [5.74, 6) is -1.19. The number of amides is 3. The Morgan fingerprint density at radius 1 is 1.12 bits per heavy atom. The zero-order chi connectivity index (χ0) is 31.4. The van der Waals surface area contributed by atoms with Crippen LogP contribution in [0.1, 0.15) is 52.1 Å². The summed E-state index contributed by atoms with van der Waals surface area (Å²) in [6.07, 6.45) is 2.62. The Morgan fingerprint density at radius 2 is 1.83 bits per heavy atom. The van der Waals surface area contributed by atoms with Crippen molar-refractivity contribution in [3.8, 4) is 0 Å². The summed E-state index contributed by atoms with van der Waals surface area (Å²) in [5.41, 5.74) is 0.788. The number of methoxy groups -OCH3 is 3. The third kappa shape index (κ3) is 9.35. The summed E-state index contributed by atoms with van der Waals surface area (Å²) >= 11 is 0. The summed E-state index contributed by atoms with van der Waals surface area (Å²) in [4.78, 5) is 62.8. The van der Waals surface area contributed by atoms with Gasteiger partial charge in [-0.15, -0.1) is 0 Å². The predicted octanol–water partition coefficient (Wildman–Crippen LogP) is 1.41. The molecule has 0 bridgehead atoms. The molecular weight excluding hydrogens is 544 g/mol. The van der Waals surface area contributed by atoms with E-state index in [1.807, 2.05) is 20.8 Å². The number of anilines is 1. The molecule has 0 radical (unpaired) electrons. The van der Waals surface area contributed by atoms with Crippen molar-refractivity contribution in [1.82, 2.24) is 25.1 Å². The Balaban J connectivity index is 2.14. The first-order chi connectivity index (χ1) is 20.0. The number of carbonyl (C=O) groups is 4. The van der Waals surface area contributed by atoms with Crippen LogP contribution in [0.4, 0.5) is 5.82 Å². The van der Waals surface area contributed by atoms with Gasteiger partial charge in [0.2, 0.25) is 17.7 Å². The monoisotopic (exact) mass is 592 g/mol. The third-order valence-corrected chi connectivity index (χ3v) is 8.16. The molecule has 2 N–H and O–H groups in total. The molecule has 13 heteroatoms. The fourth-order valence-electron chi connectivity index (χ4n) is 5.56. The van der Waals surface area contributed by atoms with E-state index in [9.17, 15) is 19.2 Å². The van der Waals surface area contributed by atoms with Gasteiger partial charge >= 0.3 is 5.97 Å². The van der Waals surface area contributed by atoms with Gasteiger partial charge in [-0.2, -0.15) is 0 Å². The molecule has 0 saturated carbocycles. The van der Waals surface area contributed by atoms with Crippen molar-refractivity contribution in [2.24, 2.45) is 11.8 Å². The maximum Gasteiger partial charge on any atom is 0.325 e. The van der Waals surface area contributed by atoms with E-state index in [0.717, 1.165) is 18.5 Å². The van der Waals surface area contributed by atoms with Gasteiger partial charge < -0.3 is 34.6 Å². The second-order valence-corrected chi connectivity index (χ2v) is 10.8. The van der Waals surface area contributed by atoms with Gasteiger partial charge in [-0.1, -0.05) is 27.2 Å². The lowest BCUT2D eigenvalue weighted by Gasteiger charge is -2.39. The molecule has 42 heavy (non-hydrogen) atoms. The molecule has 1 fully saturated rings. The van der Waals surface area contributed by atoms with Crippen LogP contribution in [0.3, 0.4) is 0 Å². The van der Waals surface area contributed by atoms with Crippen LogP contribution in [0, 0.1) is 18.8 Å². The Morgan fingerprint density at radius 3 is 2.43 bits per heavy atom. The lowest BCUT2D eigenvalue weighted by atomic mass is 9.90. The number of hydrogen-bond donors (Lipinski definition) is 2. The van der Waals surface area contributed by atoms with Crippen molar-refractivity contribution in [3.05, 3.63) is 18.1 Å². The standard InChI is InChI=1S/C29H48N6O7/c1-9-18(2)27(34(5)25(37)15-30-23-13-19(3)32-17-33-23)22(40-6)14-24(36)35-12-10-11-21(35)28(42-8)20(4)29(39)31-16-26(38)41-7/h13,17-18,20-22,27-28H,9-12,14-16H2,1-8H3,(H,31,39)(H,30,32,33). The van der Waals surface area contributed by atoms with Gasteiger partial charge in [-0.3, -0.25) is 19.2 Å². The highest BCUT2D eigenvalue weighted by molar-refractivity contribution is 5.84. The molecule has 6 atom stereocenters. The number of esters is 1. The van der Waals surface area contributed by atoms with Crippen molar-refractivity contribution in [2.75, 3.05) is 53.3 Å². The number of aromatic nitrogens is 2. The third-order valence-electron chi connectivity index (χ3n) is 8.16. The van der Waals surface area contributed by atoms with Crippen LogP contribution < -0.4 is 10.6 Å². The van der Waals surface area contributed by atoms with E-state index in [1.165, 1.54) is 20.5 Å². The number of aryl methyl sites for hydroxylation is 1. The van der Waals surface area contributed by atoms with Crippen molar-refractivity contribution < 1.29 is 33.4 Å². The van der Waals surface area contributed by atoms with E-state index < -0.39 is 24.1 Å². The molecule has 6 unspecified atom stereocenters. The van der Waals surface area contributed by atoms with E-state index in [0.29, 0.717) is 18.8 Å². The molecular formula is C29H48N6O7. The van der Waals surface area contributed by atoms with Gasteiger partial charge in [-0.05, 0) is 25.7 Å². The maximum absolute atomic E-state index is 13.7. The zero-order valence-electron chi connectivity index (χ0n) is 26.2. The fourth-order valence-corrected chi connectivity index (χ4v) is 5.56. The Labute approximate surface area is 249 Å². The SMILES string of the molecule is CCC(C)C(C(CC(=O)N1CCCC1C(OC)C(C)C(=O)NCC(=O)OC)OC)N(C)C(=O)CNc1cc(C)ncn1. The van der Waals surface area contributed by atoms with Crippen LogP contribution in [0.15, 0.2) is 12.4 Å². The van der Waals surface area contributed by atoms with E-state index in [4.69, 9.17) is 9.47 Å². The van der Waals surface area contributed by atoms with E-state index in [2.05, 4.69) is 25.3 Å². The molecule has 13 nitrogen and oxygen atoms in total. The second-order valence-electron chi connectivity index (χ2n) is 10.8. The summed E-state index contributed by atoms with van der Waals surface area (Å²) in [5, 5.41) is 5.62. The van der Waals surface area contributed by atoms with Crippen molar-refractivity contribution in [1.29, 1.82) is 0 Å². The molecule has 2 heterocycles. The second kappa shape index (κ2) is 17.0. The van der Waals surface area contributed by atoms with Gasteiger partial charge in [0, 0.05) is 39.6 Å². The number of carbonyl (C=O) groups excluding carboxylic acids is 4. The fraction of sp³-hybridized carbons (Fsp3) is 0.724. The number of nitrogens with one attached hydrogen (secondary N) is 2. The van der Waals surface area contributed by atoms with E-state index in [1.54, 1.807) is 36.9 Å². The first-order valence-electron chi connectivity index (χ1n) is 14.5. The Hall–Kier alpha value is -3.32. The number of likely N-dealkylation sites (N-methyl/N-ethyl adjacent to an activating group) is 1. The average Bonchev–Trinajstić information content (AvgIpc) is 3.47. The topological polar surface area (TPSA) is 152 Å². The maximum atomic E-state index is 13.7. The zero-order valence-corrected chi connectivity index (χ0v) is 26.2. The average molecular weight is 593 g/mol. The molecule has 1 aromatic heterocycles. The molecule has 0 aromatic carbocycles. The summed E-state index contributed by atoms with van der Waals surface area (Å²) in [6, 6.07) is 1.09.